The maximum Gasteiger partial charge on any atom is 0.244 e. The minimum atomic E-state index is -0.0621. The number of nitrogens with zero attached hydrogens (tertiary/aromatic N) is 2. The van der Waals surface area contributed by atoms with Gasteiger partial charge in [0.05, 0.1) is 18.8 Å². The average molecular weight is 334 g/mol. The fraction of sp³-hybridized carbons (Fsp3) is 0.300. The standard InChI is InChI=1S/C20H22N4O/c25-20(23-19-11-12-22-24(19)18-7-3-4-8-18)14-21-17-10-9-15-5-1-2-6-16(15)13-17/h1-2,5-6,9-13,18,21H,3-4,7-8,14H2,(H,23,25). The minimum Gasteiger partial charge on any atom is -0.376 e. The Labute approximate surface area is 147 Å². The first-order chi connectivity index (χ1) is 12.3. The van der Waals surface area contributed by atoms with E-state index in [9.17, 15) is 4.79 Å². The Kier molecular flexibility index (Phi) is 4.37. The number of fused-ring (bicyclic) bond motifs is 1. The fourth-order valence-electron chi connectivity index (χ4n) is 3.52. The van der Waals surface area contributed by atoms with Crippen LogP contribution in [0.3, 0.4) is 0 Å². The van der Waals surface area contributed by atoms with Crippen LogP contribution in [-0.4, -0.2) is 22.2 Å². The predicted molar refractivity (Wildman–Crippen MR) is 101 cm³/mol. The number of hydrogen-bond acceptors (Lipinski definition) is 3. The molecule has 1 amide bonds. The second kappa shape index (κ2) is 6.97. The van der Waals surface area contributed by atoms with Gasteiger partial charge in [-0.3, -0.25) is 4.79 Å². The third-order valence-corrected chi connectivity index (χ3v) is 4.81. The lowest BCUT2D eigenvalue weighted by atomic mass is 10.1. The molecule has 4 rings (SSSR count). The van der Waals surface area contributed by atoms with E-state index in [1.165, 1.54) is 18.2 Å². The molecule has 1 aromatic heterocycles. The van der Waals surface area contributed by atoms with Gasteiger partial charge in [-0.2, -0.15) is 5.10 Å². The molecule has 1 heterocycles. The van der Waals surface area contributed by atoms with Crippen LogP contribution in [0.2, 0.25) is 0 Å². The normalized spacial score (nSPS) is 14.7. The Hall–Kier alpha value is -2.82. The summed E-state index contributed by atoms with van der Waals surface area (Å²) in [5.74, 6) is 0.727. The van der Waals surface area contributed by atoms with Crippen molar-refractivity contribution in [1.29, 1.82) is 0 Å². The van der Waals surface area contributed by atoms with Crippen LogP contribution in [0, 0.1) is 0 Å². The van der Waals surface area contributed by atoms with Gasteiger partial charge in [0, 0.05) is 11.8 Å². The summed E-state index contributed by atoms with van der Waals surface area (Å²) >= 11 is 0. The lowest BCUT2D eigenvalue weighted by molar-refractivity contribution is -0.114. The average Bonchev–Trinajstić information content (AvgIpc) is 3.31. The molecule has 1 aliphatic carbocycles. The maximum atomic E-state index is 12.3. The molecular formula is C20H22N4O. The Bertz CT molecular complexity index is 880. The van der Waals surface area contributed by atoms with Crippen molar-refractivity contribution in [1.82, 2.24) is 9.78 Å². The number of anilines is 2. The first-order valence-corrected chi connectivity index (χ1v) is 8.86. The van der Waals surface area contributed by atoms with Gasteiger partial charge in [0.2, 0.25) is 5.91 Å². The number of carbonyl (C=O) groups is 1. The van der Waals surface area contributed by atoms with E-state index in [1.54, 1.807) is 6.20 Å². The molecule has 0 aliphatic heterocycles. The molecule has 1 saturated carbocycles. The molecule has 0 bridgehead atoms. The molecule has 0 radical (unpaired) electrons. The third kappa shape index (κ3) is 3.50. The molecule has 1 fully saturated rings. The Morgan fingerprint density at radius 2 is 1.88 bits per heavy atom. The largest absolute Gasteiger partial charge is 0.376 e. The number of nitrogens with one attached hydrogen (secondary N) is 2. The summed E-state index contributed by atoms with van der Waals surface area (Å²) < 4.78 is 1.96. The van der Waals surface area contributed by atoms with Crippen LogP contribution >= 0.6 is 0 Å². The number of benzene rings is 2. The van der Waals surface area contributed by atoms with Crippen LogP contribution in [0.4, 0.5) is 11.5 Å². The van der Waals surface area contributed by atoms with Gasteiger partial charge in [-0.15, -0.1) is 0 Å². The molecule has 1 aliphatic rings. The minimum absolute atomic E-state index is 0.0621. The second-order valence-electron chi connectivity index (χ2n) is 6.56. The lowest BCUT2D eigenvalue weighted by Crippen LogP contribution is -2.24. The zero-order valence-corrected chi connectivity index (χ0v) is 14.1. The van der Waals surface area contributed by atoms with Crippen molar-refractivity contribution in [2.75, 3.05) is 17.2 Å². The quantitative estimate of drug-likeness (QED) is 0.735. The molecule has 2 aromatic carbocycles. The van der Waals surface area contributed by atoms with E-state index < -0.39 is 0 Å². The van der Waals surface area contributed by atoms with Crippen LogP contribution in [0.5, 0.6) is 0 Å². The van der Waals surface area contributed by atoms with Crippen LogP contribution in [0.1, 0.15) is 31.7 Å². The van der Waals surface area contributed by atoms with Crippen LogP contribution in [0.25, 0.3) is 10.8 Å². The summed E-state index contributed by atoms with van der Waals surface area (Å²) in [6.07, 6.45) is 6.51. The number of carbonyl (C=O) groups excluding carboxylic acids is 1. The number of aromatic nitrogens is 2. The van der Waals surface area contributed by atoms with Gasteiger partial charge in [0.25, 0.3) is 0 Å². The molecule has 128 valence electrons. The molecule has 0 spiro atoms. The zero-order valence-electron chi connectivity index (χ0n) is 14.1. The lowest BCUT2D eigenvalue weighted by Gasteiger charge is -2.15. The van der Waals surface area contributed by atoms with Crippen molar-refractivity contribution in [3.63, 3.8) is 0 Å². The Morgan fingerprint density at radius 1 is 1.08 bits per heavy atom. The maximum absolute atomic E-state index is 12.3. The molecule has 25 heavy (non-hydrogen) atoms. The molecule has 5 nitrogen and oxygen atoms in total. The van der Waals surface area contributed by atoms with Crippen LogP contribution in [-0.2, 0) is 4.79 Å². The van der Waals surface area contributed by atoms with E-state index in [4.69, 9.17) is 0 Å². The number of hydrogen-bond donors (Lipinski definition) is 2. The monoisotopic (exact) mass is 334 g/mol. The summed E-state index contributed by atoms with van der Waals surface area (Å²) in [4.78, 5) is 12.3. The van der Waals surface area contributed by atoms with Crippen molar-refractivity contribution in [3.05, 3.63) is 54.7 Å². The smallest absolute Gasteiger partial charge is 0.244 e. The highest BCUT2D eigenvalue weighted by atomic mass is 16.2. The van der Waals surface area contributed by atoms with Crippen molar-refractivity contribution in [3.8, 4) is 0 Å². The predicted octanol–water partition coefficient (Wildman–Crippen LogP) is 4.20. The van der Waals surface area contributed by atoms with Gasteiger partial charge < -0.3 is 10.6 Å². The van der Waals surface area contributed by atoms with Gasteiger partial charge in [-0.05, 0) is 35.7 Å². The van der Waals surface area contributed by atoms with E-state index in [0.717, 1.165) is 29.7 Å². The highest BCUT2D eigenvalue weighted by molar-refractivity contribution is 5.93. The highest BCUT2D eigenvalue weighted by Crippen LogP contribution is 2.31. The number of amides is 1. The van der Waals surface area contributed by atoms with E-state index >= 15 is 0 Å². The van der Waals surface area contributed by atoms with Crippen LogP contribution < -0.4 is 10.6 Å². The molecular weight excluding hydrogens is 312 g/mol. The Balaban J connectivity index is 1.38. The first kappa shape index (κ1) is 15.7. The van der Waals surface area contributed by atoms with E-state index in [0.29, 0.717) is 6.04 Å². The third-order valence-electron chi connectivity index (χ3n) is 4.81. The fourth-order valence-corrected chi connectivity index (χ4v) is 3.52. The van der Waals surface area contributed by atoms with Crippen molar-refractivity contribution < 1.29 is 4.79 Å². The van der Waals surface area contributed by atoms with Gasteiger partial charge in [-0.1, -0.05) is 43.2 Å². The molecule has 3 aromatic rings. The SMILES string of the molecule is O=C(CNc1ccc2ccccc2c1)Nc1ccnn1C1CCCC1. The molecule has 0 unspecified atom stereocenters. The molecule has 5 heteroatoms. The Morgan fingerprint density at radius 3 is 2.72 bits per heavy atom. The van der Waals surface area contributed by atoms with Crippen molar-refractivity contribution >= 4 is 28.2 Å². The summed E-state index contributed by atoms with van der Waals surface area (Å²) in [5.41, 5.74) is 0.943. The summed E-state index contributed by atoms with van der Waals surface area (Å²) in [7, 11) is 0. The molecule has 2 N–H and O–H groups in total. The van der Waals surface area contributed by atoms with E-state index in [2.05, 4.69) is 40.0 Å². The highest BCUT2D eigenvalue weighted by Gasteiger charge is 2.20. The van der Waals surface area contributed by atoms with Crippen molar-refractivity contribution in [2.24, 2.45) is 0 Å². The number of rotatable bonds is 5. The van der Waals surface area contributed by atoms with Crippen LogP contribution in [0.15, 0.2) is 54.7 Å². The first-order valence-electron chi connectivity index (χ1n) is 8.86. The topological polar surface area (TPSA) is 59.0 Å². The second-order valence-corrected chi connectivity index (χ2v) is 6.56. The summed E-state index contributed by atoms with van der Waals surface area (Å²) in [6.45, 7) is 0.230. The van der Waals surface area contributed by atoms with Gasteiger partial charge in [0.1, 0.15) is 5.82 Å². The summed E-state index contributed by atoms with van der Waals surface area (Å²) in [5, 5.41) is 12.9. The van der Waals surface area contributed by atoms with E-state index in [-0.39, 0.29) is 12.5 Å². The van der Waals surface area contributed by atoms with Gasteiger partial charge in [-0.25, -0.2) is 4.68 Å². The zero-order chi connectivity index (χ0) is 17.1. The van der Waals surface area contributed by atoms with Gasteiger partial charge in [0.15, 0.2) is 0 Å². The van der Waals surface area contributed by atoms with E-state index in [1.807, 2.05) is 28.9 Å². The molecule has 0 atom stereocenters. The summed E-state index contributed by atoms with van der Waals surface area (Å²) in [6, 6.07) is 16.6. The van der Waals surface area contributed by atoms with Gasteiger partial charge >= 0.3 is 0 Å². The molecule has 0 saturated heterocycles. The van der Waals surface area contributed by atoms with Crippen molar-refractivity contribution in [2.45, 2.75) is 31.7 Å².